The highest BCUT2D eigenvalue weighted by atomic mass is 16.3. The van der Waals surface area contributed by atoms with Gasteiger partial charge in [-0.1, -0.05) is 39.0 Å². The smallest absolute Gasteiger partial charge is 0.247 e. The predicted octanol–water partition coefficient (Wildman–Crippen LogP) is 3.92. The highest BCUT2D eigenvalue weighted by Gasteiger charge is 2.28. The molecule has 0 spiro atoms. The van der Waals surface area contributed by atoms with Gasteiger partial charge in [-0.25, -0.2) is 4.90 Å². The summed E-state index contributed by atoms with van der Waals surface area (Å²) in [6.45, 7) is 10.7. The molecule has 0 aliphatic carbocycles. The van der Waals surface area contributed by atoms with Crippen LogP contribution < -0.4 is 15.5 Å². The first kappa shape index (κ1) is 25.3. The van der Waals surface area contributed by atoms with E-state index in [4.69, 9.17) is 4.42 Å². The summed E-state index contributed by atoms with van der Waals surface area (Å²) in [5, 5.41) is 6.78. The Hall–Kier alpha value is -3.29. The molecule has 7 heteroatoms. The molecule has 180 valence electrons. The number of para-hydroxylation sites is 1. The number of likely N-dealkylation sites (N-methyl/N-ethyl adjacent to an activating group) is 2. The molecule has 2 aromatic carbocycles. The Morgan fingerprint density at radius 3 is 1.97 bits per heavy atom. The first-order chi connectivity index (χ1) is 16.3. The van der Waals surface area contributed by atoms with Gasteiger partial charge in [0.1, 0.15) is 11.3 Å². The van der Waals surface area contributed by atoms with E-state index in [0.717, 1.165) is 5.39 Å². The van der Waals surface area contributed by atoms with Crippen molar-refractivity contribution in [1.29, 1.82) is 0 Å². The van der Waals surface area contributed by atoms with Crippen LogP contribution in [0.25, 0.3) is 11.0 Å². The minimum atomic E-state index is -0.330. The summed E-state index contributed by atoms with van der Waals surface area (Å²) in [7, 11) is 0. The standard InChI is InChI=1S/C27H33N3O4/c1-6-21-25(20-11-9-10-12-22(20)34-21)27(33)19-13-17(4)26(18(5)14-19)30(23(31)15-28-7-2)24(32)16-29-8-3/h9-14,28-29H,6-8,15-16H2,1-5H3. The van der Waals surface area contributed by atoms with E-state index in [1.54, 1.807) is 12.1 Å². The molecule has 0 fully saturated rings. The zero-order valence-electron chi connectivity index (χ0n) is 20.6. The van der Waals surface area contributed by atoms with E-state index in [9.17, 15) is 14.4 Å². The van der Waals surface area contributed by atoms with Crippen molar-refractivity contribution in [2.75, 3.05) is 31.1 Å². The molecule has 0 aliphatic heterocycles. The van der Waals surface area contributed by atoms with E-state index in [0.29, 0.717) is 58.8 Å². The summed E-state index contributed by atoms with van der Waals surface area (Å²) >= 11 is 0. The molecule has 0 saturated heterocycles. The van der Waals surface area contributed by atoms with Gasteiger partial charge in [0, 0.05) is 17.4 Å². The van der Waals surface area contributed by atoms with E-state index in [1.807, 2.05) is 58.9 Å². The zero-order chi connectivity index (χ0) is 24.8. The maximum atomic E-state index is 13.6. The predicted molar refractivity (Wildman–Crippen MR) is 135 cm³/mol. The normalized spacial score (nSPS) is 11.1. The summed E-state index contributed by atoms with van der Waals surface area (Å²) in [4.78, 5) is 40.8. The molecule has 3 aromatic rings. The number of furan rings is 1. The van der Waals surface area contributed by atoms with Crippen LogP contribution in [0.3, 0.4) is 0 Å². The average molecular weight is 464 g/mol. The highest BCUT2D eigenvalue weighted by Crippen LogP contribution is 2.32. The van der Waals surface area contributed by atoms with E-state index in [1.165, 1.54) is 4.90 Å². The molecule has 1 aromatic heterocycles. The van der Waals surface area contributed by atoms with Crippen molar-refractivity contribution in [3.63, 3.8) is 0 Å². The lowest BCUT2D eigenvalue weighted by Gasteiger charge is -2.25. The van der Waals surface area contributed by atoms with Gasteiger partial charge >= 0.3 is 0 Å². The van der Waals surface area contributed by atoms with Gasteiger partial charge in [0.05, 0.1) is 24.3 Å². The van der Waals surface area contributed by atoms with Gasteiger partial charge < -0.3 is 15.1 Å². The fourth-order valence-corrected chi connectivity index (χ4v) is 4.19. The molecule has 1 heterocycles. The van der Waals surface area contributed by atoms with E-state index < -0.39 is 0 Å². The fourth-order valence-electron chi connectivity index (χ4n) is 4.19. The van der Waals surface area contributed by atoms with Crippen LogP contribution in [0.1, 0.15) is 53.6 Å². The first-order valence-electron chi connectivity index (χ1n) is 11.8. The van der Waals surface area contributed by atoms with Crippen LogP contribution in [0.15, 0.2) is 40.8 Å². The number of benzene rings is 2. The molecule has 0 aliphatic rings. The van der Waals surface area contributed by atoms with Crippen LogP contribution in [0.4, 0.5) is 5.69 Å². The summed E-state index contributed by atoms with van der Waals surface area (Å²) in [6.07, 6.45) is 0.595. The topological polar surface area (TPSA) is 91.7 Å². The van der Waals surface area contributed by atoms with Crippen LogP contribution in [0, 0.1) is 13.8 Å². The highest BCUT2D eigenvalue weighted by molar-refractivity contribution is 6.19. The van der Waals surface area contributed by atoms with Crippen LogP contribution in [0.2, 0.25) is 0 Å². The Bertz CT molecular complexity index is 1170. The van der Waals surface area contributed by atoms with Crippen molar-refractivity contribution < 1.29 is 18.8 Å². The molecule has 0 unspecified atom stereocenters. The largest absolute Gasteiger partial charge is 0.460 e. The maximum Gasteiger partial charge on any atom is 0.247 e. The van der Waals surface area contributed by atoms with Gasteiger partial charge in [0.2, 0.25) is 11.8 Å². The quantitative estimate of drug-likeness (QED) is 0.443. The molecular weight excluding hydrogens is 430 g/mol. The van der Waals surface area contributed by atoms with Gasteiger partial charge in [0.15, 0.2) is 5.78 Å². The number of anilines is 1. The lowest BCUT2D eigenvalue weighted by molar-refractivity contribution is -0.125. The Morgan fingerprint density at radius 2 is 1.44 bits per heavy atom. The zero-order valence-corrected chi connectivity index (χ0v) is 20.6. The summed E-state index contributed by atoms with van der Waals surface area (Å²) in [6, 6.07) is 11.0. The van der Waals surface area contributed by atoms with Crippen LogP contribution in [-0.2, 0) is 16.0 Å². The van der Waals surface area contributed by atoms with Gasteiger partial charge in [-0.05, 0) is 56.3 Å². The van der Waals surface area contributed by atoms with Gasteiger partial charge in [-0.3, -0.25) is 14.4 Å². The van der Waals surface area contributed by atoms with Gasteiger partial charge in [-0.15, -0.1) is 0 Å². The fraction of sp³-hybridized carbons (Fsp3) is 0.370. The number of nitrogens with zero attached hydrogens (tertiary/aromatic N) is 1. The SMILES string of the molecule is CCNCC(=O)N(C(=O)CNCC)c1c(C)cc(C(=O)c2c(CC)oc3ccccc23)cc1C. The Labute approximate surface area is 200 Å². The Kier molecular flexibility index (Phi) is 8.36. The van der Waals surface area contributed by atoms with E-state index in [-0.39, 0.29) is 30.7 Å². The number of aryl methyl sites for hydroxylation is 3. The van der Waals surface area contributed by atoms with Gasteiger partial charge in [-0.2, -0.15) is 0 Å². The van der Waals surface area contributed by atoms with Crippen LogP contribution in [-0.4, -0.2) is 43.8 Å². The number of carbonyl (C=O) groups excluding carboxylic acids is 3. The number of fused-ring (bicyclic) bond motifs is 1. The number of imide groups is 1. The molecule has 2 amide bonds. The van der Waals surface area contributed by atoms with Crippen molar-refractivity contribution >= 4 is 34.3 Å². The number of hydrogen-bond donors (Lipinski definition) is 2. The Balaban J connectivity index is 2.06. The molecule has 7 nitrogen and oxygen atoms in total. The van der Waals surface area contributed by atoms with Crippen molar-refractivity contribution in [2.45, 2.75) is 41.0 Å². The minimum absolute atomic E-state index is 0.0504. The Morgan fingerprint density at radius 1 is 0.882 bits per heavy atom. The minimum Gasteiger partial charge on any atom is -0.460 e. The second kappa shape index (κ2) is 11.2. The number of ketones is 1. The number of rotatable bonds is 10. The third-order valence-electron chi connectivity index (χ3n) is 5.74. The third-order valence-corrected chi connectivity index (χ3v) is 5.74. The molecular formula is C27H33N3O4. The number of carbonyl (C=O) groups is 3. The molecule has 0 atom stereocenters. The molecule has 0 radical (unpaired) electrons. The van der Waals surface area contributed by atoms with Crippen LogP contribution >= 0.6 is 0 Å². The lowest BCUT2D eigenvalue weighted by Crippen LogP contribution is -2.46. The molecule has 0 saturated carbocycles. The number of amides is 2. The first-order valence-corrected chi connectivity index (χ1v) is 11.8. The molecule has 34 heavy (non-hydrogen) atoms. The second-order valence-electron chi connectivity index (χ2n) is 8.22. The summed E-state index contributed by atoms with van der Waals surface area (Å²) < 4.78 is 5.92. The lowest BCUT2D eigenvalue weighted by atomic mass is 9.95. The van der Waals surface area contributed by atoms with Crippen LogP contribution in [0.5, 0.6) is 0 Å². The van der Waals surface area contributed by atoms with Crippen molar-refractivity contribution in [2.24, 2.45) is 0 Å². The number of hydrogen-bond acceptors (Lipinski definition) is 6. The van der Waals surface area contributed by atoms with E-state index >= 15 is 0 Å². The molecule has 0 bridgehead atoms. The number of nitrogens with one attached hydrogen (secondary N) is 2. The molecule has 2 N–H and O–H groups in total. The maximum absolute atomic E-state index is 13.6. The van der Waals surface area contributed by atoms with Crippen molar-refractivity contribution in [3.8, 4) is 0 Å². The summed E-state index contributed by atoms with van der Waals surface area (Å²) in [5.41, 5.74) is 3.64. The summed E-state index contributed by atoms with van der Waals surface area (Å²) in [5.74, 6) is -0.147. The van der Waals surface area contributed by atoms with Gasteiger partial charge in [0.25, 0.3) is 0 Å². The van der Waals surface area contributed by atoms with Crippen molar-refractivity contribution in [3.05, 3.63) is 64.4 Å². The van der Waals surface area contributed by atoms with Crippen molar-refractivity contribution in [1.82, 2.24) is 10.6 Å². The van der Waals surface area contributed by atoms with E-state index in [2.05, 4.69) is 10.6 Å². The monoisotopic (exact) mass is 463 g/mol. The third kappa shape index (κ3) is 5.11. The second-order valence-corrected chi connectivity index (χ2v) is 8.22. The molecule has 3 rings (SSSR count). The average Bonchev–Trinajstić information content (AvgIpc) is 3.21.